The van der Waals surface area contributed by atoms with Gasteiger partial charge in [0.05, 0.1) is 11.9 Å². The number of aryl methyl sites for hydroxylation is 2. The summed E-state index contributed by atoms with van der Waals surface area (Å²) in [5.41, 5.74) is 2.35. The summed E-state index contributed by atoms with van der Waals surface area (Å²) >= 11 is 12.4. The maximum Gasteiger partial charge on any atom is 0.244 e. The van der Waals surface area contributed by atoms with Crippen LogP contribution in [0.4, 0.5) is 5.69 Å². The molecule has 198 valence electrons. The average molecular weight is 557 g/mol. The fraction of sp³-hybridized carbons (Fsp3) is 0.462. The zero-order valence-electron chi connectivity index (χ0n) is 21.9. The Morgan fingerprint density at radius 1 is 1.03 bits per heavy atom. The van der Waals surface area contributed by atoms with E-state index in [1.54, 1.807) is 37.3 Å². The molecule has 1 N–H and O–H groups in total. The topological polar surface area (TPSA) is 86.8 Å². The molecule has 0 aliphatic carbocycles. The minimum atomic E-state index is -3.80. The summed E-state index contributed by atoms with van der Waals surface area (Å²) < 4.78 is 26.5. The highest BCUT2D eigenvalue weighted by Crippen LogP contribution is 2.26. The molecule has 0 bridgehead atoms. The normalized spacial score (nSPS) is 12.7. The standard InChI is InChI=1S/C26H35Cl2N3O4S/c1-8-23(25(33)29-26(4,5)6)30(15-19-10-11-20(27)14-22(19)28)24(32)16-31(36(7,34)35)21-12-9-17(2)18(3)13-21/h9-14,23H,8,15-16H2,1-7H3,(H,29,33)/t23-/m1/s1. The van der Waals surface area contributed by atoms with Gasteiger partial charge in [-0.3, -0.25) is 13.9 Å². The Hall–Kier alpha value is -2.29. The van der Waals surface area contributed by atoms with Crippen LogP contribution in [-0.2, 0) is 26.2 Å². The first-order chi connectivity index (χ1) is 16.5. The van der Waals surface area contributed by atoms with Crippen molar-refractivity contribution in [3.8, 4) is 0 Å². The fourth-order valence-electron chi connectivity index (χ4n) is 3.70. The van der Waals surface area contributed by atoms with E-state index in [1.807, 2.05) is 40.7 Å². The van der Waals surface area contributed by atoms with Crippen molar-refractivity contribution in [2.45, 2.75) is 66.1 Å². The number of sulfonamides is 1. The van der Waals surface area contributed by atoms with E-state index in [0.717, 1.165) is 21.7 Å². The van der Waals surface area contributed by atoms with Gasteiger partial charge in [-0.25, -0.2) is 8.42 Å². The van der Waals surface area contributed by atoms with Crippen LogP contribution in [-0.4, -0.2) is 49.5 Å². The zero-order chi connectivity index (χ0) is 27.4. The Balaban J connectivity index is 2.52. The quantitative estimate of drug-likeness (QED) is 0.466. The molecule has 0 aliphatic heterocycles. The molecule has 10 heteroatoms. The van der Waals surface area contributed by atoms with E-state index in [-0.39, 0.29) is 12.5 Å². The predicted molar refractivity (Wildman–Crippen MR) is 147 cm³/mol. The molecule has 2 amide bonds. The molecule has 0 heterocycles. The van der Waals surface area contributed by atoms with Crippen LogP contribution < -0.4 is 9.62 Å². The highest BCUT2D eigenvalue weighted by molar-refractivity contribution is 7.92. The molecule has 0 radical (unpaired) electrons. The van der Waals surface area contributed by atoms with Gasteiger partial charge in [-0.2, -0.15) is 0 Å². The van der Waals surface area contributed by atoms with Crippen molar-refractivity contribution in [3.63, 3.8) is 0 Å². The Morgan fingerprint density at radius 2 is 1.67 bits per heavy atom. The van der Waals surface area contributed by atoms with E-state index in [0.29, 0.717) is 27.7 Å². The Bertz CT molecular complexity index is 1230. The van der Waals surface area contributed by atoms with Crippen LogP contribution >= 0.6 is 23.2 Å². The summed E-state index contributed by atoms with van der Waals surface area (Å²) in [4.78, 5) is 28.3. The van der Waals surface area contributed by atoms with Crippen molar-refractivity contribution >= 4 is 50.7 Å². The second-order valence-electron chi connectivity index (χ2n) is 9.96. The molecule has 2 rings (SSSR count). The van der Waals surface area contributed by atoms with Crippen molar-refractivity contribution in [1.29, 1.82) is 0 Å². The average Bonchev–Trinajstić information content (AvgIpc) is 2.73. The van der Waals surface area contributed by atoms with Crippen molar-refractivity contribution in [3.05, 3.63) is 63.1 Å². The SMILES string of the molecule is CC[C@H](C(=O)NC(C)(C)C)N(Cc1ccc(Cl)cc1Cl)C(=O)CN(c1ccc(C)c(C)c1)S(C)(=O)=O. The van der Waals surface area contributed by atoms with Gasteiger partial charge in [-0.05, 0) is 82.0 Å². The molecule has 2 aromatic carbocycles. The lowest BCUT2D eigenvalue weighted by atomic mass is 10.1. The van der Waals surface area contributed by atoms with Crippen LogP contribution in [0.2, 0.25) is 10.0 Å². The number of halogens is 2. The first-order valence-electron chi connectivity index (χ1n) is 11.6. The molecule has 0 aliphatic rings. The number of carbonyl (C=O) groups excluding carboxylic acids is 2. The molecular formula is C26H35Cl2N3O4S. The lowest BCUT2D eigenvalue weighted by Crippen LogP contribution is -2.55. The van der Waals surface area contributed by atoms with Gasteiger partial charge in [0.15, 0.2) is 0 Å². The van der Waals surface area contributed by atoms with Gasteiger partial charge >= 0.3 is 0 Å². The van der Waals surface area contributed by atoms with Crippen LogP contribution in [0, 0.1) is 13.8 Å². The number of nitrogens with zero attached hydrogens (tertiary/aromatic N) is 2. The summed E-state index contributed by atoms with van der Waals surface area (Å²) in [6.07, 6.45) is 1.38. The third kappa shape index (κ3) is 8.11. The molecule has 2 aromatic rings. The molecule has 1 atom stereocenters. The molecule has 36 heavy (non-hydrogen) atoms. The van der Waals surface area contributed by atoms with Gasteiger partial charge < -0.3 is 10.2 Å². The minimum Gasteiger partial charge on any atom is -0.350 e. The number of benzene rings is 2. The van der Waals surface area contributed by atoms with Gasteiger partial charge in [-0.15, -0.1) is 0 Å². The third-order valence-electron chi connectivity index (χ3n) is 5.70. The Morgan fingerprint density at radius 3 is 2.17 bits per heavy atom. The maximum atomic E-state index is 13.7. The largest absolute Gasteiger partial charge is 0.350 e. The number of carbonyl (C=O) groups is 2. The van der Waals surface area contributed by atoms with Crippen LogP contribution in [0.3, 0.4) is 0 Å². The second-order valence-corrected chi connectivity index (χ2v) is 12.7. The summed E-state index contributed by atoms with van der Waals surface area (Å²) in [6.45, 7) is 10.7. The van der Waals surface area contributed by atoms with E-state index in [4.69, 9.17) is 23.2 Å². The summed E-state index contributed by atoms with van der Waals surface area (Å²) in [5, 5.41) is 3.71. The van der Waals surface area contributed by atoms with E-state index in [9.17, 15) is 18.0 Å². The number of nitrogens with one attached hydrogen (secondary N) is 1. The molecular weight excluding hydrogens is 521 g/mol. The Labute approximate surface area is 224 Å². The lowest BCUT2D eigenvalue weighted by Gasteiger charge is -2.34. The number of rotatable bonds is 9. The molecule has 0 unspecified atom stereocenters. The molecule has 0 spiro atoms. The first kappa shape index (κ1) is 29.9. The van der Waals surface area contributed by atoms with E-state index < -0.39 is 34.1 Å². The third-order valence-corrected chi connectivity index (χ3v) is 7.43. The number of hydrogen-bond donors (Lipinski definition) is 1. The summed E-state index contributed by atoms with van der Waals surface area (Å²) in [6, 6.07) is 9.27. The lowest BCUT2D eigenvalue weighted by molar-refractivity contribution is -0.141. The van der Waals surface area contributed by atoms with E-state index >= 15 is 0 Å². The van der Waals surface area contributed by atoms with Crippen molar-refractivity contribution in [2.75, 3.05) is 17.1 Å². The smallest absolute Gasteiger partial charge is 0.244 e. The van der Waals surface area contributed by atoms with Gasteiger partial charge in [-0.1, -0.05) is 42.3 Å². The number of hydrogen-bond acceptors (Lipinski definition) is 4. The molecule has 0 aromatic heterocycles. The maximum absolute atomic E-state index is 13.7. The van der Waals surface area contributed by atoms with Crippen molar-refractivity contribution in [2.24, 2.45) is 0 Å². The van der Waals surface area contributed by atoms with Crippen LogP contribution in [0.5, 0.6) is 0 Å². The molecule has 7 nitrogen and oxygen atoms in total. The van der Waals surface area contributed by atoms with Gasteiger partial charge in [0.1, 0.15) is 12.6 Å². The Kier molecular flexibility index (Phi) is 9.84. The molecule has 0 saturated carbocycles. The fourth-order valence-corrected chi connectivity index (χ4v) is 5.01. The van der Waals surface area contributed by atoms with Gasteiger partial charge in [0.25, 0.3) is 0 Å². The number of anilines is 1. The van der Waals surface area contributed by atoms with Crippen LogP contribution in [0.25, 0.3) is 0 Å². The van der Waals surface area contributed by atoms with Crippen LogP contribution in [0.1, 0.15) is 50.8 Å². The van der Waals surface area contributed by atoms with Gasteiger partial charge in [0.2, 0.25) is 21.8 Å². The predicted octanol–water partition coefficient (Wildman–Crippen LogP) is 5.10. The summed E-state index contributed by atoms with van der Waals surface area (Å²) in [7, 11) is -3.80. The number of amides is 2. The second kappa shape index (κ2) is 11.8. The first-order valence-corrected chi connectivity index (χ1v) is 14.2. The van der Waals surface area contributed by atoms with Crippen molar-refractivity contribution < 1.29 is 18.0 Å². The van der Waals surface area contributed by atoms with Crippen LogP contribution in [0.15, 0.2) is 36.4 Å². The minimum absolute atomic E-state index is 0.00936. The van der Waals surface area contributed by atoms with E-state index in [2.05, 4.69) is 5.32 Å². The molecule has 0 saturated heterocycles. The van der Waals surface area contributed by atoms with Crippen molar-refractivity contribution in [1.82, 2.24) is 10.2 Å². The summed E-state index contributed by atoms with van der Waals surface area (Å²) in [5.74, 6) is -0.860. The highest BCUT2D eigenvalue weighted by Gasteiger charge is 2.33. The van der Waals surface area contributed by atoms with Gasteiger partial charge in [0, 0.05) is 22.1 Å². The zero-order valence-corrected chi connectivity index (χ0v) is 24.2. The monoisotopic (exact) mass is 555 g/mol. The van der Waals surface area contributed by atoms with E-state index in [1.165, 1.54) is 4.90 Å². The highest BCUT2D eigenvalue weighted by atomic mass is 35.5. The molecule has 0 fully saturated rings.